The van der Waals surface area contributed by atoms with E-state index < -0.39 is 0 Å². The third kappa shape index (κ3) is 2.22. The number of hydrogen-bond acceptors (Lipinski definition) is 3. The van der Waals surface area contributed by atoms with Crippen LogP contribution >= 0.6 is 0 Å². The molecule has 0 saturated heterocycles. The van der Waals surface area contributed by atoms with E-state index >= 15 is 0 Å². The van der Waals surface area contributed by atoms with Crippen LogP contribution in [0.2, 0.25) is 0 Å². The topological polar surface area (TPSA) is 56.8 Å². The lowest BCUT2D eigenvalue weighted by molar-refractivity contribution is 0.262. The minimum absolute atomic E-state index is 0.268. The van der Waals surface area contributed by atoms with Gasteiger partial charge in [-0.05, 0) is 47.9 Å². The van der Waals surface area contributed by atoms with Gasteiger partial charge in [0.05, 0.1) is 29.9 Å². The normalized spacial score (nSPS) is 16.4. The average Bonchev–Trinajstić information content (AvgIpc) is 2.54. The van der Waals surface area contributed by atoms with Crippen LogP contribution in [0.5, 0.6) is 5.75 Å². The van der Waals surface area contributed by atoms with Crippen LogP contribution in [0.4, 0.5) is 0 Å². The first-order valence-electron chi connectivity index (χ1n) is 6.46. The predicted molar refractivity (Wildman–Crippen MR) is 74.3 cm³/mol. The zero-order valence-corrected chi connectivity index (χ0v) is 10.8. The Kier molecular flexibility index (Phi) is 3.11. The predicted octanol–water partition coefficient (Wildman–Crippen LogP) is 3.15. The van der Waals surface area contributed by atoms with E-state index in [0.717, 1.165) is 23.3 Å². The molecule has 1 aliphatic rings. The Morgan fingerprint density at radius 1 is 0.950 bits per heavy atom. The van der Waals surface area contributed by atoms with Gasteiger partial charge in [0, 0.05) is 5.92 Å². The Labute approximate surface area is 117 Å². The fourth-order valence-electron chi connectivity index (χ4n) is 2.51. The smallest absolute Gasteiger partial charge is 0.122 e. The summed E-state index contributed by atoms with van der Waals surface area (Å²) in [6.07, 6.45) is 0.858. The lowest BCUT2D eigenvalue weighted by Gasteiger charge is -2.25. The Morgan fingerprint density at radius 2 is 1.65 bits per heavy atom. The van der Waals surface area contributed by atoms with Crippen molar-refractivity contribution in [2.45, 2.75) is 12.3 Å². The van der Waals surface area contributed by atoms with Gasteiger partial charge in [0.25, 0.3) is 0 Å². The summed E-state index contributed by atoms with van der Waals surface area (Å²) >= 11 is 0. The summed E-state index contributed by atoms with van der Waals surface area (Å²) in [6, 6.07) is 17.4. The molecule has 3 nitrogen and oxygen atoms in total. The van der Waals surface area contributed by atoms with E-state index in [9.17, 15) is 0 Å². The van der Waals surface area contributed by atoms with Gasteiger partial charge in [0.1, 0.15) is 5.75 Å². The number of fused-ring (bicyclic) bond motifs is 1. The zero-order chi connectivity index (χ0) is 13.9. The minimum Gasteiger partial charge on any atom is -0.493 e. The zero-order valence-electron chi connectivity index (χ0n) is 10.8. The Morgan fingerprint density at radius 3 is 2.35 bits per heavy atom. The van der Waals surface area contributed by atoms with E-state index in [4.69, 9.17) is 15.3 Å². The maximum atomic E-state index is 8.96. The molecule has 0 aliphatic carbocycles. The molecule has 3 rings (SSSR count). The van der Waals surface area contributed by atoms with Crippen LogP contribution in [0, 0.1) is 22.7 Å². The summed E-state index contributed by atoms with van der Waals surface area (Å²) in [4.78, 5) is 0. The van der Waals surface area contributed by atoms with Gasteiger partial charge in [-0.15, -0.1) is 0 Å². The number of benzene rings is 2. The SMILES string of the molecule is N#Cc1ccc(C2COc3ccc(C#N)cc3C2)cc1. The molecule has 2 aromatic rings. The summed E-state index contributed by atoms with van der Waals surface area (Å²) in [6.45, 7) is 0.630. The van der Waals surface area contributed by atoms with Gasteiger partial charge in [-0.1, -0.05) is 12.1 Å². The van der Waals surface area contributed by atoms with Crippen molar-refractivity contribution >= 4 is 0 Å². The van der Waals surface area contributed by atoms with Crippen molar-refractivity contribution in [3.63, 3.8) is 0 Å². The number of nitriles is 2. The molecule has 0 bridgehead atoms. The van der Waals surface area contributed by atoms with Crippen LogP contribution in [-0.2, 0) is 6.42 Å². The second-order valence-electron chi connectivity index (χ2n) is 4.88. The van der Waals surface area contributed by atoms with Crippen molar-refractivity contribution in [2.75, 3.05) is 6.61 Å². The molecule has 0 N–H and O–H groups in total. The van der Waals surface area contributed by atoms with Crippen molar-refractivity contribution in [1.82, 2.24) is 0 Å². The average molecular weight is 260 g/mol. The molecule has 0 radical (unpaired) electrons. The van der Waals surface area contributed by atoms with E-state index in [-0.39, 0.29) is 5.92 Å². The van der Waals surface area contributed by atoms with Crippen LogP contribution in [0.3, 0.4) is 0 Å². The van der Waals surface area contributed by atoms with Crippen molar-refractivity contribution in [3.05, 3.63) is 64.7 Å². The fourth-order valence-corrected chi connectivity index (χ4v) is 2.51. The minimum atomic E-state index is 0.268. The maximum absolute atomic E-state index is 8.96. The molecular weight excluding hydrogens is 248 g/mol. The largest absolute Gasteiger partial charge is 0.493 e. The quantitative estimate of drug-likeness (QED) is 0.791. The highest BCUT2D eigenvalue weighted by molar-refractivity contribution is 5.45. The third-order valence-corrected chi connectivity index (χ3v) is 3.61. The van der Waals surface area contributed by atoms with Crippen LogP contribution in [0.1, 0.15) is 28.2 Å². The highest BCUT2D eigenvalue weighted by Crippen LogP contribution is 2.33. The van der Waals surface area contributed by atoms with Crippen LogP contribution in [-0.4, -0.2) is 6.61 Å². The Balaban J connectivity index is 1.87. The summed E-state index contributed by atoms with van der Waals surface area (Å²) in [7, 11) is 0. The van der Waals surface area contributed by atoms with Gasteiger partial charge in [0.2, 0.25) is 0 Å². The first kappa shape index (κ1) is 12.3. The lowest BCUT2D eigenvalue weighted by atomic mass is 9.89. The molecule has 0 spiro atoms. The van der Waals surface area contributed by atoms with Crippen molar-refractivity contribution in [2.24, 2.45) is 0 Å². The fraction of sp³-hybridized carbons (Fsp3) is 0.176. The van der Waals surface area contributed by atoms with Crippen molar-refractivity contribution in [1.29, 1.82) is 10.5 Å². The molecule has 1 aliphatic heterocycles. The van der Waals surface area contributed by atoms with Crippen LogP contribution < -0.4 is 4.74 Å². The molecule has 96 valence electrons. The molecular formula is C17H12N2O. The molecule has 0 saturated carbocycles. The molecule has 20 heavy (non-hydrogen) atoms. The number of hydrogen-bond donors (Lipinski definition) is 0. The molecule has 0 fully saturated rings. The van der Waals surface area contributed by atoms with Crippen LogP contribution in [0.25, 0.3) is 0 Å². The van der Waals surface area contributed by atoms with E-state index in [0.29, 0.717) is 17.7 Å². The van der Waals surface area contributed by atoms with E-state index in [1.165, 1.54) is 0 Å². The number of ether oxygens (including phenoxy) is 1. The Hall–Kier alpha value is -2.78. The molecule has 1 atom stereocenters. The van der Waals surface area contributed by atoms with Gasteiger partial charge in [0.15, 0.2) is 0 Å². The molecule has 0 amide bonds. The van der Waals surface area contributed by atoms with E-state index in [1.54, 1.807) is 6.07 Å². The van der Waals surface area contributed by atoms with E-state index in [2.05, 4.69) is 12.1 Å². The van der Waals surface area contributed by atoms with Gasteiger partial charge >= 0.3 is 0 Å². The maximum Gasteiger partial charge on any atom is 0.122 e. The van der Waals surface area contributed by atoms with Crippen molar-refractivity contribution in [3.8, 4) is 17.9 Å². The lowest BCUT2D eigenvalue weighted by Crippen LogP contribution is -2.19. The highest BCUT2D eigenvalue weighted by atomic mass is 16.5. The van der Waals surface area contributed by atoms with Crippen molar-refractivity contribution < 1.29 is 4.74 Å². The second kappa shape index (κ2) is 5.07. The number of rotatable bonds is 1. The van der Waals surface area contributed by atoms with Gasteiger partial charge in [-0.3, -0.25) is 0 Å². The molecule has 2 aromatic carbocycles. The standard InChI is InChI=1S/C17H12N2O/c18-9-12-1-4-14(5-2-12)16-8-15-7-13(10-19)3-6-17(15)20-11-16/h1-7,16H,8,11H2. The first-order valence-corrected chi connectivity index (χ1v) is 6.46. The molecule has 1 unspecified atom stereocenters. The van der Waals surface area contributed by atoms with E-state index in [1.807, 2.05) is 36.4 Å². The van der Waals surface area contributed by atoms with Gasteiger partial charge in [-0.25, -0.2) is 0 Å². The summed E-state index contributed by atoms with van der Waals surface area (Å²) in [5.74, 6) is 1.14. The third-order valence-electron chi connectivity index (χ3n) is 3.61. The van der Waals surface area contributed by atoms with Crippen LogP contribution in [0.15, 0.2) is 42.5 Å². The van der Waals surface area contributed by atoms with Gasteiger partial charge < -0.3 is 4.74 Å². The number of nitrogens with zero attached hydrogens (tertiary/aromatic N) is 2. The Bertz CT molecular complexity index is 720. The summed E-state index contributed by atoms with van der Waals surface area (Å²) in [5, 5.41) is 17.8. The van der Waals surface area contributed by atoms with Gasteiger partial charge in [-0.2, -0.15) is 10.5 Å². The molecule has 1 heterocycles. The molecule has 0 aromatic heterocycles. The summed E-state index contributed by atoms with van der Waals surface area (Å²) < 4.78 is 5.77. The first-order chi connectivity index (χ1) is 9.80. The second-order valence-corrected chi connectivity index (χ2v) is 4.88. The highest BCUT2D eigenvalue weighted by Gasteiger charge is 2.21. The monoisotopic (exact) mass is 260 g/mol. The summed E-state index contributed by atoms with van der Waals surface area (Å²) in [5.41, 5.74) is 3.56. The molecule has 3 heteroatoms.